The maximum Gasteiger partial charge on any atom is 0.422 e. The molecule has 0 saturated heterocycles. The molecular weight excluding hydrogens is 350 g/mol. The predicted octanol–water partition coefficient (Wildman–Crippen LogP) is 2.13. The van der Waals surface area contributed by atoms with E-state index in [1.165, 1.54) is 11.6 Å². The molecule has 1 aromatic carbocycles. The molecule has 0 saturated carbocycles. The third-order valence-corrected chi connectivity index (χ3v) is 3.28. The molecule has 1 amide bonds. The van der Waals surface area contributed by atoms with Gasteiger partial charge in [-0.25, -0.2) is 18.3 Å². The Kier molecular flexibility index (Phi) is 5.06. The second-order valence-electron chi connectivity index (χ2n) is 3.17. The molecule has 1 aromatic rings. The third-order valence-electron chi connectivity index (χ3n) is 1.75. The van der Waals surface area contributed by atoms with Crippen LogP contribution in [0.2, 0.25) is 0 Å². The average Bonchev–Trinajstić information content (AvgIpc) is 2.24. The van der Waals surface area contributed by atoms with Crippen LogP contribution < -0.4 is 9.44 Å². The molecule has 0 radical (unpaired) electrons. The summed E-state index contributed by atoms with van der Waals surface area (Å²) in [4.78, 5) is 10.9. The fourth-order valence-corrected chi connectivity index (χ4v) is 2.13. The van der Waals surface area contributed by atoms with Gasteiger partial charge in [0.05, 0.1) is 16.8 Å². The van der Waals surface area contributed by atoms with Gasteiger partial charge in [0.2, 0.25) is 0 Å². The topological polar surface area (TPSA) is 84.5 Å². The Bertz CT molecular complexity index is 594. The van der Waals surface area contributed by atoms with Gasteiger partial charge in [-0.3, -0.25) is 4.72 Å². The second-order valence-corrected chi connectivity index (χ2v) is 5.44. The van der Waals surface area contributed by atoms with Crippen LogP contribution in [-0.2, 0) is 14.9 Å². The van der Waals surface area contributed by atoms with Gasteiger partial charge in [0.15, 0.2) is 0 Å². The van der Waals surface area contributed by atoms with Gasteiger partial charge in [-0.1, -0.05) is 0 Å². The lowest BCUT2D eigenvalue weighted by Crippen LogP contribution is -2.36. The van der Waals surface area contributed by atoms with Gasteiger partial charge in [0.25, 0.3) is 0 Å². The molecule has 2 N–H and O–H groups in total. The zero-order valence-electron chi connectivity index (χ0n) is 9.54. The lowest BCUT2D eigenvalue weighted by atomic mass is 10.3. The Morgan fingerprint density at radius 1 is 1.37 bits per heavy atom. The quantitative estimate of drug-likeness (QED) is 0.807. The lowest BCUT2D eigenvalue weighted by Gasteiger charge is -2.10. The number of halogens is 3. The van der Waals surface area contributed by atoms with E-state index in [-0.39, 0.29) is 11.1 Å². The minimum atomic E-state index is -4.40. The summed E-state index contributed by atoms with van der Waals surface area (Å²) in [6.45, 7) is 1.44. The summed E-state index contributed by atoms with van der Waals surface area (Å²) in [7, 11) is -4.40. The van der Waals surface area contributed by atoms with Crippen molar-refractivity contribution in [2.24, 2.45) is 0 Å². The Labute approximate surface area is 116 Å². The molecule has 19 heavy (non-hydrogen) atoms. The number of amides is 1. The maximum atomic E-state index is 13.4. The van der Waals surface area contributed by atoms with E-state index in [4.69, 9.17) is 0 Å². The Balaban J connectivity index is 2.90. The van der Waals surface area contributed by atoms with Crippen LogP contribution in [0.4, 0.5) is 19.3 Å². The minimum Gasteiger partial charge on any atom is -0.449 e. The number of carbonyl (C=O) groups is 1. The van der Waals surface area contributed by atoms with Crippen molar-refractivity contribution in [1.82, 2.24) is 4.72 Å². The summed E-state index contributed by atoms with van der Waals surface area (Å²) >= 11 is 2.74. The van der Waals surface area contributed by atoms with Crippen LogP contribution in [0, 0.1) is 11.6 Å². The van der Waals surface area contributed by atoms with Crippen LogP contribution in [0.25, 0.3) is 0 Å². The first-order chi connectivity index (χ1) is 8.75. The smallest absolute Gasteiger partial charge is 0.422 e. The van der Waals surface area contributed by atoms with Crippen molar-refractivity contribution < 1.29 is 26.7 Å². The molecule has 1 rings (SSSR count). The zero-order valence-corrected chi connectivity index (χ0v) is 11.9. The fourth-order valence-electron chi connectivity index (χ4n) is 1.04. The van der Waals surface area contributed by atoms with Crippen molar-refractivity contribution in [3.8, 4) is 0 Å². The fraction of sp³-hybridized carbons (Fsp3) is 0.222. The van der Waals surface area contributed by atoms with Gasteiger partial charge in [-0.15, -0.1) is 0 Å². The first-order valence-electron chi connectivity index (χ1n) is 4.87. The molecular formula is C9H9BrF2N2O4S. The highest BCUT2D eigenvalue weighted by molar-refractivity contribution is 9.10. The number of ether oxygens (including phenoxy) is 1. The summed E-state index contributed by atoms with van der Waals surface area (Å²) in [6.07, 6.45) is -1.23. The molecule has 0 bridgehead atoms. The van der Waals surface area contributed by atoms with E-state index in [2.05, 4.69) is 20.7 Å². The highest BCUT2D eigenvalue weighted by atomic mass is 79.9. The third kappa shape index (κ3) is 4.63. The predicted molar refractivity (Wildman–Crippen MR) is 66.8 cm³/mol. The van der Waals surface area contributed by atoms with Gasteiger partial charge in [0, 0.05) is 6.07 Å². The van der Waals surface area contributed by atoms with Crippen molar-refractivity contribution in [3.63, 3.8) is 0 Å². The van der Waals surface area contributed by atoms with Crippen LogP contribution in [0.15, 0.2) is 16.6 Å². The molecule has 0 aliphatic heterocycles. The van der Waals surface area contributed by atoms with Crippen LogP contribution in [0.1, 0.15) is 6.92 Å². The highest BCUT2D eigenvalue weighted by Crippen LogP contribution is 2.23. The lowest BCUT2D eigenvalue weighted by molar-refractivity contribution is 0.159. The SMILES string of the molecule is CCOC(=O)NS(=O)(=O)Nc1cc(F)c(Br)cc1F. The molecule has 106 valence electrons. The number of hydrogen-bond donors (Lipinski definition) is 2. The Morgan fingerprint density at radius 2 is 2.00 bits per heavy atom. The summed E-state index contributed by atoms with van der Waals surface area (Å²) in [5.41, 5.74) is -0.641. The van der Waals surface area contributed by atoms with Crippen LogP contribution in [0.3, 0.4) is 0 Å². The van der Waals surface area contributed by atoms with Gasteiger partial charge in [-0.2, -0.15) is 8.42 Å². The first-order valence-corrected chi connectivity index (χ1v) is 7.14. The molecule has 10 heteroatoms. The van der Waals surface area contributed by atoms with Gasteiger partial charge in [-0.05, 0) is 28.9 Å². The van der Waals surface area contributed by atoms with E-state index < -0.39 is 33.6 Å². The van der Waals surface area contributed by atoms with Crippen molar-refractivity contribution >= 4 is 37.9 Å². The van der Waals surface area contributed by atoms with E-state index in [0.29, 0.717) is 6.07 Å². The van der Waals surface area contributed by atoms with Crippen molar-refractivity contribution in [3.05, 3.63) is 28.2 Å². The molecule has 0 unspecified atom stereocenters. The van der Waals surface area contributed by atoms with Gasteiger partial charge in [0.1, 0.15) is 11.6 Å². The number of carbonyl (C=O) groups excluding carboxylic acids is 1. The van der Waals surface area contributed by atoms with E-state index in [1.807, 2.05) is 0 Å². The van der Waals surface area contributed by atoms with Crippen molar-refractivity contribution in [2.75, 3.05) is 11.3 Å². The molecule has 0 heterocycles. The zero-order chi connectivity index (χ0) is 14.6. The number of nitrogens with one attached hydrogen (secondary N) is 2. The summed E-state index contributed by atoms with van der Waals surface area (Å²) in [5.74, 6) is -1.88. The van der Waals surface area contributed by atoms with Crippen LogP contribution >= 0.6 is 15.9 Å². The van der Waals surface area contributed by atoms with Crippen molar-refractivity contribution in [2.45, 2.75) is 6.92 Å². The van der Waals surface area contributed by atoms with E-state index >= 15 is 0 Å². The molecule has 0 aliphatic carbocycles. The van der Waals surface area contributed by atoms with Gasteiger partial charge < -0.3 is 4.74 Å². The normalized spacial score (nSPS) is 10.9. The van der Waals surface area contributed by atoms with Crippen LogP contribution in [0.5, 0.6) is 0 Å². The largest absolute Gasteiger partial charge is 0.449 e. The number of benzene rings is 1. The summed E-state index contributed by atoms with van der Waals surface area (Å²) in [5, 5.41) is 0. The molecule has 0 atom stereocenters. The highest BCUT2D eigenvalue weighted by Gasteiger charge is 2.18. The molecule has 0 aromatic heterocycles. The minimum absolute atomic E-state index is 0.0391. The molecule has 0 fully saturated rings. The standard InChI is InChI=1S/C9H9BrF2N2O4S/c1-2-18-9(15)14-19(16,17)13-8-4-6(11)5(10)3-7(8)12/h3-4,13H,2H2,1H3,(H,14,15). The Hall–Kier alpha value is -1.42. The van der Waals surface area contributed by atoms with E-state index in [1.54, 1.807) is 4.72 Å². The summed E-state index contributed by atoms with van der Waals surface area (Å²) < 4.78 is 56.7. The van der Waals surface area contributed by atoms with E-state index in [9.17, 15) is 22.0 Å². The van der Waals surface area contributed by atoms with Gasteiger partial charge >= 0.3 is 16.3 Å². The molecule has 0 spiro atoms. The molecule has 6 nitrogen and oxygen atoms in total. The second kappa shape index (κ2) is 6.15. The average molecular weight is 359 g/mol. The number of rotatable bonds is 4. The monoisotopic (exact) mass is 358 g/mol. The number of hydrogen-bond acceptors (Lipinski definition) is 4. The van der Waals surface area contributed by atoms with Crippen molar-refractivity contribution in [1.29, 1.82) is 0 Å². The Morgan fingerprint density at radius 3 is 2.58 bits per heavy atom. The van der Waals surface area contributed by atoms with Crippen LogP contribution in [-0.4, -0.2) is 21.1 Å². The maximum absolute atomic E-state index is 13.4. The molecule has 0 aliphatic rings. The number of anilines is 1. The summed E-state index contributed by atoms with van der Waals surface area (Å²) in [6, 6.07) is 1.38. The van der Waals surface area contributed by atoms with E-state index in [0.717, 1.165) is 6.07 Å². The first kappa shape index (κ1) is 15.6.